The molecule has 75 heavy (non-hydrogen) atoms. The van der Waals surface area contributed by atoms with E-state index in [1.165, 1.54) is 0 Å². The van der Waals surface area contributed by atoms with Gasteiger partial charge in [-0.2, -0.15) is 0 Å². The lowest BCUT2D eigenvalue weighted by molar-refractivity contribution is -0.154. The van der Waals surface area contributed by atoms with Crippen molar-refractivity contribution in [2.45, 2.75) is 273 Å². The van der Waals surface area contributed by atoms with Crippen molar-refractivity contribution in [3.05, 3.63) is 0 Å². The van der Waals surface area contributed by atoms with Crippen LogP contribution in [0, 0.1) is 5.41 Å². The van der Waals surface area contributed by atoms with Crippen molar-refractivity contribution in [3.63, 3.8) is 0 Å². The van der Waals surface area contributed by atoms with Crippen molar-refractivity contribution >= 4 is 133 Å². The van der Waals surface area contributed by atoms with Crippen LogP contribution in [0.2, 0.25) is 239 Å². The molecule has 0 saturated heterocycles. The fourth-order valence-electron chi connectivity index (χ4n) is 8.08. The highest BCUT2D eigenvalue weighted by atomic mass is 28.5. The Labute approximate surface area is 479 Å². The highest BCUT2D eigenvalue weighted by Gasteiger charge is 2.57. The lowest BCUT2D eigenvalue weighted by Crippen LogP contribution is -2.63. The van der Waals surface area contributed by atoms with Crippen LogP contribution in [0.25, 0.3) is 0 Å². The minimum atomic E-state index is -3.78. The molecule has 29 heteroatoms. The highest BCUT2D eigenvalue weighted by Crippen LogP contribution is 2.39. The van der Waals surface area contributed by atoms with Crippen molar-refractivity contribution < 1.29 is 59.2 Å². The second-order valence-corrected chi connectivity index (χ2v) is 94.3. The van der Waals surface area contributed by atoms with Gasteiger partial charge in [-0.25, -0.2) is 0 Å². The molecule has 450 valence electrons. The molecule has 0 N–H and O–H groups in total. The lowest BCUT2D eigenvalue weighted by Gasteiger charge is -2.46. The number of rotatable bonds is 38. The van der Waals surface area contributed by atoms with Crippen LogP contribution in [-0.2, 0) is 59.2 Å². The Kier molecular flexibility index (Phi) is 28.8. The molecule has 0 spiro atoms. The zero-order chi connectivity index (χ0) is 59.8. The first-order valence-electron chi connectivity index (χ1n) is 28.1. The largest absolute Gasteiger partial charge is 0.480 e. The zero-order valence-electron chi connectivity index (χ0n) is 55.3. The third kappa shape index (κ3) is 36.5. The zero-order valence-corrected chi connectivity index (χ0v) is 70.3. The van der Waals surface area contributed by atoms with Crippen molar-refractivity contribution in [2.24, 2.45) is 5.41 Å². The van der Waals surface area contributed by atoms with Gasteiger partial charge >= 0.3 is 41.2 Å². The minimum absolute atomic E-state index is 0.210. The van der Waals surface area contributed by atoms with E-state index in [0.29, 0.717) is 49.1 Å². The van der Waals surface area contributed by atoms with Crippen molar-refractivity contribution in [1.29, 1.82) is 0 Å². The van der Waals surface area contributed by atoms with E-state index in [-0.39, 0.29) is 19.2 Å². The molecule has 0 aromatic carbocycles. The third-order valence-corrected chi connectivity index (χ3v) is 58.3. The van der Waals surface area contributed by atoms with Gasteiger partial charge in [0.2, 0.25) is 0 Å². The first-order valence-corrected chi connectivity index (χ1v) is 72.7. The monoisotopic (exact) mass is 1320 g/mol. The SMILES string of the molecule is CCC(C)(C)C(=O)OCCC[Si](OCC[Si](O[Si](C)(C)C)(O[Si](C)(C)C)O[Si](C)(C)C)(O[Si](C)(C)CC[Si](O[Si](C)(C)C)(O[Si](C)(C)C)O[Si](C)(C)C)O[Si](C)(C)CC[Si](O[Si](C)(C)C)(O[Si](C)(C)C)O[Si](C)(C)C. The van der Waals surface area contributed by atoms with Gasteiger partial charge in [0.25, 0.3) is 0 Å². The topological polar surface area (TPSA) is 137 Å². The third-order valence-electron chi connectivity index (χ3n) is 10.1. The van der Waals surface area contributed by atoms with Gasteiger partial charge in [-0.05, 0) is 242 Å². The summed E-state index contributed by atoms with van der Waals surface area (Å²) in [5.74, 6) is -0.210. The van der Waals surface area contributed by atoms with Crippen LogP contribution in [0.1, 0.15) is 33.6 Å². The summed E-state index contributed by atoms with van der Waals surface area (Å²) < 4.78 is 94.5. The van der Waals surface area contributed by atoms with E-state index in [1.54, 1.807) is 0 Å². The Hall–Kier alpha value is 2.24. The molecule has 0 bridgehead atoms. The molecule has 0 aromatic heterocycles. The van der Waals surface area contributed by atoms with Gasteiger partial charge in [-0.15, -0.1) is 0 Å². The van der Waals surface area contributed by atoms with Gasteiger partial charge in [0.1, 0.15) is 0 Å². The van der Waals surface area contributed by atoms with Crippen LogP contribution in [0.5, 0.6) is 0 Å². The van der Waals surface area contributed by atoms with Crippen LogP contribution in [0.15, 0.2) is 0 Å². The van der Waals surface area contributed by atoms with Gasteiger partial charge in [0, 0.05) is 30.8 Å². The minimum Gasteiger partial charge on any atom is -0.465 e. The van der Waals surface area contributed by atoms with Gasteiger partial charge in [-0.1, -0.05) is 6.92 Å². The van der Waals surface area contributed by atoms with Gasteiger partial charge in [-0.3, -0.25) is 4.79 Å². The van der Waals surface area contributed by atoms with E-state index in [0.717, 1.165) is 0 Å². The Morgan fingerprint density at radius 1 is 0.307 bits per heavy atom. The summed E-state index contributed by atoms with van der Waals surface area (Å²) in [6.07, 6.45) is 1.18. The van der Waals surface area contributed by atoms with Gasteiger partial charge in [0.15, 0.2) is 91.5 Å². The molecule has 0 unspecified atom stereocenters. The molecule has 0 aliphatic carbocycles. The molecule has 0 radical (unpaired) electrons. The van der Waals surface area contributed by atoms with Crippen LogP contribution in [0.4, 0.5) is 0 Å². The number of ether oxygens (including phenoxy) is 1. The quantitative estimate of drug-likeness (QED) is 0.0329. The Morgan fingerprint density at radius 2 is 0.547 bits per heavy atom. The maximum Gasteiger partial charge on any atom is 0.480 e. The van der Waals surface area contributed by atoms with E-state index >= 15 is 0 Å². The summed E-state index contributed by atoms with van der Waals surface area (Å²) in [5.41, 5.74) is -0.604. The van der Waals surface area contributed by atoms with Crippen LogP contribution in [-0.4, -0.2) is 146 Å². The first kappa shape index (κ1) is 77.2. The predicted molar refractivity (Wildman–Crippen MR) is 354 cm³/mol. The summed E-state index contributed by atoms with van der Waals surface area (Å²) in [5, 5.41) is 0. The number of carbonyl (C=O) groups excluding carboxylic acids is 1. The average Bonchev–Trinajstić information content (AvgIpc) is 3.04. The molecule has 0 amide bonds. The fraction of sp³-hybridized carbons (Fsp3) is 0.978. The number of hydrogen-bond donors (Lipinski definition) is 0. The van der Waals surface area contributed by atoms with Crippen molar-refractivity contribution in [3.8, 4) is 0 Å². The molecular formula is C46H122O14Si15. The van der Waals surface area contributed by atoms with Crippen LogP contribution < -0.4 is 0 Å². The van der Waals surface area contributed by atoms with E-state index in [9.17, 15) is 4.79 Å². The molecule has 0 aromatic rings. The maximum absolute atomic E-state index is 13.5. The normalized spacial score (nSPS) is 15.5. The smallest absolute Gasteiger partial charge is 0.465 e. The van der Waals surface area contributed by atoms with E-state index in [1.807, 2.05) is 20.8 Å². The molecule has 0 fully saturated rings. The summed E-state index contributed by atoms with van der Waals surface area (Å²) in [7, 11) is -38.8. The standard InChI is InChI=1S/C46H122O14Si15/c1-35-46(2,3)45(47)48-37-36-39-72(49-38-40-73(50-61(4,5)6,51-62(7,8)9)52-63(10,11)12,59-70(31,32)41-43-74(53-64(13,14)15,54-65(16,17)18)55-66(19,20)21)60-71(33,34)42-44-75(56-67(22,23)24,57-68(25,26)27)58-69(28,29)30/h35-44H2,1-34H3. The molecule has 0 aliphatic rings. The summed E-state index contributed by atoms with van der Waals surface area (Å²) in [6.45, 7) is 75.7. The highest BCUT2D eigenvalue weighted by molar-refractivity contribution is 6.94. The number of carbonyl (C=O) groups is 1. The van der Waals surface area contributed by atoms with Gasteiger partial charge < -0.3 is 54.4 Å². The molecule has 0 saturated carbocycles. The molecule has 0 heterocycles. The number of esters is 1. The summed E-state index contributed by atoms with van der Waals surface area (Å²) in [6, 6.07) is 3.61. The van der Waals surface area contributed by atoms with Crippen LogP contribution in [0.3, 0.4) is 0 Å². The lowest BCUT2D eigenvalue weighted by atomic mass is 9.91. The maximum atomic E-state index is 13.5. The Morgan fingerprint density at radius 3 is 0.773 bits per heavy atom. The predicted octanol–water partition coefficient (Wildman–Crippen LogP) is 16.2. The summed E-state index contributed by atoms with van der Waals surface area (Å²) >= 11 is 0. The molecule has 0 atom stereocenters. The molecule has 0 aliphatic heterocycles. The number of hydrogen-bond acceptors (Lipinski definition) is 14. The Balaban J connectivity index is 8.44. The fourth-order valence-corrected chi connectivity index (χ4v) is 68.6. The van der Waals surface area contributed by atoms with Crippen molar-refractivity contribution in [1.82, 2.24) is 0 Å². The average molecular weight is 1320 g/mol. The second-order valence-electron chi connectivity index (χ2n) is 31.5. The van der Waals surface area contributed by atoms with E-state index < -0.39 is 132 Å². The molecular weight excluding hydrogens is 1200 g/mol. The van der Waals surface area contributed by atoms with E-state index in [4.69, 9.17) is 54.4 Å². The van der Waals surface area contributed by atoms with E-state index in [2.05, 4.69) is 203 Å². The van der Waals surface area contributed by atoms with Gasteiger partial charge in [0.05, 0.1) is 12.0 Å². The molecule has 0 rings (SSSR count). The Bertz CT molecular complexity index is 1540. The summed E-state index contributed by atoms with van der Waals surface area (Å²) in [4.78, 5) is 13.5. The first-order chi connectivity index (χ1) is 32.6. The van der Waals surface area contributed by atoms with Crippen LogP contribution >= 0.6 is 0 Å². The molecule has 14 nitrogen and oxygen atoms in total. The van der Waals surface area contributed by atoms with Crippen molar-refractivity contribution in [2.75, 3.05) is 13.2 Å². The second kappa shape index (κ2) is 28.0.